The number of carbonyl (C=O) groups is 2. The van der Waals surface area contributed by atoms with E-state index in [9.17, 15) is 14.0 Å². The number of methoxy groups -OCH3 is 2. The zero-order chi connectivity index (χ0) is 20.3. The molecule has 7 heteroatoms. The number of anilines is 1. The van der Waals surface area contributed by atoms with Crippen molar-refractivity contribution >= 4 is 17.5 Å². The fourth-order valence-electron chi connectivity index (χ4n) is 3.37. The summed E-state index contributed by atoms with van der Waals surface area (Å²) in [6, 6.07) is 11.2. The number of carbonyl (C=O) groups excluding carboxylic acids is 2. The van der Waals surface area contributed by atoms with Gasteiger partial charge in [0.25, 0.3) is 0 Å². The van der Waals surface area contributed by atoms with E-state index in [0.29, 0.717) is 23.7 Å². The first-order valence-corrected chi connectivity index (χ1v) is 8.94. The van der Waals surface area contributed by atoms with Crippen LogP contribution in [0.4, 0.5) is 10.1 Å². The Morgan fingerprint density at radius 1 is 1.18 bits per heavy atom. The maximum Gasteiger partial charge on any atom is 0.228 e. The van der Waals surface area contributed by atoms with Crippen LogP contribution in [0.5, 0.6) is 11.5 Å². The fourth-order valence-corrected chi connectivity index (χ4v) is 3.37. The van der Waals surface area contributed by atoms with Crippen LogP contribution in [0.1, 0.15) is 12.0 Å². The van der Waals surface area contributed by atoms with Gasteiger partial charge in [0.05, 0.1) is 25.8 Å². The highest BCUT2D eigenvalue weighted by molar-refractivity contribution is 6.01. The van der Waals surface area contributed by atoms with Gasteiger partial charge in [-0.2, -0.15) is 0 Å². The van der Waals surface area contributed by atoms with Crippen LogP contribution in [0, 0.1) is 11.7 Å². The molecule has 2 aromatic carbocycles. The van der Waals surface area contributed by atoms with Gasteiger partial charge in [0.15, 0.2) is 0 Å². The van der Waals surface area contributed by atoms with E-state index in [1.807, 2.05) is 0 Å². The minimum absolute atomic E-state index is 0.118. The van der Waals surface area contributed by atoms with E-state index < -0.39 is 5.92 Å². The van der Waals surface area contributed by atoms with E-state index in [-0.39, 0.29) is 30.6 Å². The van der Waals surface area contributed by atoms with Crippen molar-refractivity contribution in [1.29, 1.82) is 0 Å². The topological polar surface area (TPSA) is 59.1 Å². The van der Waals surface area contributed by atoms with Crippen LogP contribution in [-0.2, 0) is 16.1 Å². The summed E-state index contributed by atoms with van der Waals surface area (Å²) in [6.07, 6.45) is 0.141. The summed E-state index contributed by atoms with van der Waals surface area (Å²) < 4.78 is 23.6. The van der Waals surface area contributed by atoms with E-state index in [0.717, 1.165) is 5.56 Å². The Hall–Kier alpha value is -3.09. The molecular weight excluding hydrogens is 363 g/mol. The zero-order valence-electron chi connectivity index (χ0n) is 16.1. The van der Waals surface area contributed by atoms with Crippen LogP contribution in [-0.4, -0.2) is 44.5 Å². The summed E-state index contributed by atoms with van der Waals surface area (Å²) in [7, 11) is 4.77. The first-order valence-electron chi connectivity index (χ1n) is 8.94. The molecule has 1 saturated heterocycles. The van der Waals surface area contributed by atoms with Crippen molar-refractivity contribution in [3.63, 3.8) is 0 Å². The molecule has 148 valence electrons. The smallest absolute Gasteiger partial charge is 0.228 e. The number of benzene rings is 2. The SMILES string of the molecule is COc1ccc(N2CC(C(=O)N(C)Cc3ccc(F)cc3)CC2=O)c(OC)c1. The highest BCUT2D eigenvalue weighted by atomic mass is 19.1. The molecule has 0 aromatic heterocycles. The zero-order valence-corrected chi connectivity index (χ0v) is 16.1. The third-order valence-corrected chi connectivity index (χ3v) is 4.86. The minimum Gasteiger partial charge on any atom is -0.497 e. The third-order valence-electron chi connectivity index (χ3n) is 4.86. The Balaban J connectivity index is 1.71. The van der Waals surface area contributed by atoms with Gasteiger partial charge in [0.2, 0.25) is 11.8 Å². The third kappa shape index (κ3) is 4.08. The summed E-state index contributed by atoms with van der Waals surface area (Å²) in [5.41, 5.74) is 1.44. The highest BCUT2D eigenvalue weighted by Crippen LogP contribution is 2.36. The van der Waals surface area contributed by atoms with Gasteiger partial charge in [-0.3, -0.25) is 9.59 Å². The number of rotatable bonds is 6. The molecule has 0 spiro atoms. The lowest BCUT2D eigenvalue weighted by atomic mass is 10.1. The summed E-state index contributed by atoms with van der Waals surface area (Å²) >= 11 is 0. The number of nitrogens with zero attached hydrogens (tertiary/aromatic N) is 2. The first kappa shape index (κ1) is 19.7. The average molecular weight is 386 g/mol. The molecule has 0 aliphatic carbocycles. The number of hydrogen-bond acceptors (Lipinski definition) is 4. The van der Waals surface area contributed by atoms with Crippen LogP contribution in [0.25, 0.3) is 0 Å². The van der Waals surface area contributed by atoms with Gasteiger partial charge in [-0.15, -0.1) is 0 Å². The second-order valence-corrected chi connectivity index (χ2v) is 6.76. The standard InChI is InChI=1S/C21H23FN2O4/c1-23(12-14-4-6-16(22)7-5-14)21(26)15-10-20(25)24(13-15)18-9-8-17(27-2)11-19(18)28-3/h4-9,11,15H,10,12-13H2,1-3H3. The molecule has 1 atom stereocenters. The number of amides is 2. The normalized spacial score (nSPS) is 16.2. The van der Waals surface area contributed by atoms with Crippen molar-refractivity contribution in [1.82, 2.24) is 4.90 Å². The van der Waals surface area contributed by atoms with Crippen molar-refractivity contribution in [2.75, 3.05) is 32.7 Å². The second kappa shape index (κ2) is 8.29. The van der Waals surface area contributed by atoms with Crippen LogP contribution >= 0.6 is 0 Å². The second-order valence-electron chi connectivity index (χ2n) is 6.76. The maximum atomic E-state index is 13.0. The quantitative estimate of drug-likeness (QED) is 0.766. The lowest BCUT2D eigenvalue weighted by Gasteiger charge is -2.22. The summed E-state index contributed by atoms with van der Waals surface area (Å²) in [6.45, 7) is 0.643. The molecule has 2 aromatic rings. The summed E-state index contributed by atoms with van der Waals surface area (Å²) in [5.74, 6) is 0.136. The molecule has 1 fully saturated rings. The van der Waals surface area contributed by atoms with E-state index in [1.165, 1.54) is 19.2 Å². The fraction of sp³-hybridized carbons (Fsp3) is 0.333. The van der Waals surface area contributed by atoms with Gasteiger partial charge in [-0.1, -0.05) is 12.1 Å². The van der Waals surface area contributed by atoms with Crippen molar-refractivity contribution in [2.45, 2.75) is 13.0 Å². The molecule has 28 heavy (non-hydrogen) atoms. The van der Waals surface area contributed by atoms with Crippen molar-refractivity contribution in [3.8, 4) is 11.5 Å². The Labute approximate surface area is 163 Å². The number of ether oxygens (including phenoxy) is 2. The molecule has 1 unspecified atom stereocenters. The van der Waals surface area contributed by atoms with E-state index in [1.54, 1.807) is 54.3 Å². The van der Waals surface area contributed by atoms with Gasteiger partial charge in [0, 0.05) is 32.6 Å². The molecule has 1 heterocycles. The monoisotopic (exact) mass is 386 g/mol. The summed E-state index contributed by atoms with van der Waals surface area (Å²) in [4.78, 5) is 28.5. The largest absolute Gasteiger partial charge is 0.497 e. The molecule has 0 N–H and O–H groups in total. The van der Waals surface area contributed by atoms with Crippen LogP contribution in [0.2, 0.25) is 0 Å². The van der Waals surface area contributed by atoms with Crippen molar-refractivity contribution < 1.29 is 23.5 Å². The Morgan fingerprint density at radius 3 is 2.54 bits per heavy atom. The molecule has 0 bridgehead atoms. The Bertz CT molecular complexity index is 869. The van der Waals surface area contributed by atoms with Crippen molar-refractivity contribution in [2.24, 2.45) is 5.92 Å². The number of halogens is 1. The molecule has 2 amide bonds. The van der Waals surface area contributed by atoms with Gasteiger partial charge in [0.1, 0.15) is 17.3 Å². The van der Waals surface area contributed by atoms with Crippen LogP contribution < -0.4 is 14.4 Å². The van der Waals surface area contributed by atoms with Gasteiger partial charge in [-0.05, 0) is 29.8 Å². The molecule has 3 rings (SSSR count). The lowest BCUT2D eigenvalue weighted by molar-refractivity contribution is -0.135. The first-order chi connectivity index (χ1) is 13.4. The van der Waals surface area contributed by atoms with E-state index in [4.69, 9.17) is 9.47 Å². The minimum atomic E-state index is -0.440. The molecule has 6 nitrogen and oxygen atoms in total. The highest BCUT2D eigenvalue weighted by Gasteiger charge is 2.37. The Morgan fingerprint density at radius 2 is 1.89 bits per heavy atom. The summed E-state index contributed by atoms with van der Waals surface area (Å²) in [5, 5.41) is 0. The van der Waals surface area contributed by atoms with Crippen LogP contribution in [0.3, 0.4) is 0 Å². The van der Waals surface area contributed by atoms with Crippen molar-refractivity contribution in [3.05, 3.63) is 53.8 Å². The van der Waals surface area contributed by atoms with Crippen LogP contribution in [0.15, 0.2) is 42.5 Å². The Kier molecular flexibility index (Phi) is 5.82. The molecule has 0 radical (unpaired) electrons. The maximum absolute atomic E-state index is 13.0. The molecule has 0 saturated carbocycles. The average Bonchev–Trinajstić information content (AvgIpc) is 3.09. The van der Waals surface area contributed by atoms with E-state index >= 15 is 0 Å². The van der Waals surface area contributed by atoms with Gasteiger partial charge in [-0.25, -0.2) is 4.39 Å². The molecule has 1 aliphatic heterocycles. The van der Waals surface area contributed by atoms with Gasteiger partial charge < -0.3 is 19.3 Å². The van der Waals surface area contributed by atoms with E-state index in [2.05, 4.69) is 0 Å². The predicted octanol–water partition coefficient (Wildman–Crippen LogP) is 2.85. The molecule has 1 aliphatic rings. The lowest BCUT2D eigenvalue weighted by Crippen LogP contribution is -2.34. The van der Waals surface area contributed by atoms with Gasteiger partial charge >= 0.3 is 0 Å². The number of hydrogen-bond donors (Lipinski definition) is 0. The molecular formula is C21H23FN2O4. The predicted molar refractivity (Wildman–Crippen MR) is 103 cm³/mol.